The van der Waals surface area contributed by atoms with E-state index in [0.717, 1.165) is 12.0 Å². The van der Waals surface area contributed by atoms with E-state index in [4.69, 9.17) is 5.11 Å². The lowest BCUT2D eigenvalue weighted by atomic mass is 10.1. The SMILES string of the molecule is CCCN(C(=O)Cc1ccc(C(=O)O)cc1)C1CCS(=O)(=O)C1. The second-order valence-electron chi connectivity index (χ2n) is 5.82. The molecule has 1 unspecified atom stereocenters. The molecule has 126 valence electrons. The Morgan fingerprint density at radius 3 is 2.39 bits per heavy atom. The van der Waals surface area contributed by atoms with Crippen LogP contribution in [0.4, 0.5) is 0 Å². The molecule has 1 aromatic carbocycles. The zero-order chi connectivity index (χ0) is 17.0. The Hall–Kier alpha value is -1.89. The average molecular weight is 339 g/mol. The molecule has 1 aliphatic heterocycles. The van der Waals surface area contributed by atoms with Crippen molar-refractivity contribution in [1.29, 1.82) is 0 Å². The van der Waals surface area contributed by atoms with Crippen LogP contribution in [0.5, 0.6) is 0 Å². The van der Waals surface area contributed by atoms with E-state index < -0.39 is 15.8 Å². The molecule has 1 aromatic rings. The Morgan fingerprint density at radius 1 is 1.26 bits per heavy atom. The Kier molecular flexibility index (Phi) is 5.41. The van der Waals surface area contributed by atoms with Gasteiger partial charge in [0.25, 0.3) is 0 Å². The van der Waals surface area contributed by atoms with Crippen molar-refractivity contribution >= 4 is 21.7 Å². The number of nitrogens with zero attached hydrogens (tertiary/aromatic N) is 1. The number of sulfone groups is 1. The van der Waals surface area contributed by atoms with Crippen LogP contribution in [-0.4, -0.2) is 54.4 Å². The van der Waals surface area contributed by atoms with Crippen LogP contribution in [0.3, 0.4) is 0 Å². The van der Waals surface area contributed by atoms with Gasteiger partial charge in [-0.15, -0.1) is 0 Å². The summed E-state index contributed by atoms with van der Waals surface area (Å²) < 4.78 is 23.3. The lowest BCUT2D eigenvalue weighted by Gasteiger charge is -2.28. The zero-order valence-electron chi connectivity index (χ0n) is 13.1. The fourth-order valence-electron chi connectivity index (χ4n) is 2.81. The highest BCUT2D eigenvalue weighted by molar-refractivity contribution is 7.91. The van der Waals surface area contributed by atoms with Crippen LogP contribution in [-0.2, 0) is 21.1 Å². The topological polar surface area (TPSA) is 91.8 Å². The standard InChI is InChI=1S/C16H21NO5S/c1-2-8-17(14-7-9-23(21,22)11-14)15(18)10-12-3-5-13(6-4-12)16(19)20/h3-6,14H,2,7-11H2,1H3,(H,19,20). The molecule has 1 fully saturated rings. The van der Waals surface area contributed by atoms with Gasteiger partial charge in [-0.05, 0) is 30.5 Å². The van der Waals surface area contributed by atoms with Gasteiger partial charge in [-0.2, -0.15) is 0 Å². The van der Waals surface area contributed by atoms with Gasteiger partial charge in [0.2, 0.25) is 5.91 Å². The number of amides is 1. The third-order valence-corrected chi connectivity index (χ3v) is 5.74. The van der Waals surface area contributed by atoms with E-state index in [1.807, 2.05) is 6.92 Å². The molecule has 1 amide bonds. The second-order valence-corrected chi connectivity index (χ2v) is 8.05. The minimum atomic E-state index is -3.04. The molecular weight excluding hydrogens is 318 g/mol. The van der Waals surface area contributed by atoms with Crippen molar-refractivity contribution in [1.82, 2.24) is 4.90 Å². The summed E-state index contributed by atoms with van der Waals surface area (Å²) in [5.41, 5.74) is 0.899. The zero-order valence-corrected chi connectivity index (χ0v) is 13.9. The van der Waals surface area contributed by atoms with Crippen LogP contribution < -0.4 is 0 Å². The highest BCUT2D eigenvalue weighted by Gasteiger charge is 2.34. The monoisotopic (exact) mass is 339 g/mol. The van der Waals surface area contributed by atoms with Crippen LogP contribution in [0, 0.1) is 0 Å². The summed E-state index contributed by atoms with van der Waals surface area (Å²) in [4.78, 5) is 25.0. The molecular formula is C16H21NO5S. The number of benzene rings is 1. The van der Waals surface area contributed by atoms with E-state index >= 15 is 0 Å². The molecule has 1 saturated heterocycles. The second kappa shape index (κ2) is 7.12. The van der Waals surface area contributed by atoms with E-state index in [2.05, 4.69) is 0 Å². The minimum Gasteiger partial charge on any atom is -0.478 e. The summed E-state index contributed by atoms with van der Waals surface area (Å²) in [6.07, 6.45) is 1.41. The Bertz CT molecular complexity index is 681. The number of rotatable bonds is 6. The van der Waals surface area contributed by atoms with E-state index in [-0.39, 0.29) is 35.4 Å². The fourth-order valence-corrected chi connectivity index (χ4v) is 4.55. The van der Waals surface area contributed by atoms with E-state index in [1.165, 1.54) is 12.1 Å². The number of aromatic carboxylic acids is 1. The van der Waals surface area contributed by atoms with E-state index in [1.54, 1.807) is 17.0 Å². The number of hydrogen-bond donors (Lipinski definition) is 1. The first kappa shape index (κ1) is 17.5. The molecule has 1 aliphatic rings. The Balaban J connectivity index is 2.07. The molecule has 1 heterocycles. The maximum absolute atomic E-state index is 12.5. The summed E-state index contributed by atoms with van der Waals surface area (Å²) >= 11 is 0. The largest absolute Gasteiger partial charge is 0.478 e. The van der Waals surface area contributed by atoms with Crippen molar-refractivity contribution in [3.63, 3.8) is 0 Å². The summed E-state index contributed by atoms with van der Waals surface area (Å²) in [6.45, 7) is 2.48. The summed E-state index contributed by atoms with van der Waals surface area (Å²) in [7, 11) is -3.04. The van der Waals surface area contributed by atoms with Crippen LogP contribution in [0.2, 0.25) is 0 Å². The van der Waals surface area contributed by atoms with Gasteiger partial charge in [0.05, 0.1) is 23.5 Å². The maximum atomic E-state index is 12.5. The van der Waals surface area contributed by atoms with Gasteiger partial charge in [0, 0.05) is 12.6 Å². The number of carboxylic acid groups (broad SMARTS) is 1. The van der Waals surface area contributed by atoms with Crippen molar-refractivity contribution in [2.45, 2.75) is 32.2 Å². The lowest BCUT2D eigenvalue weighted by molar-refractivity contribution is -0.132. The Labute approximate surface area is 136 Å². The van der Waals surface area contributed by atoms with E-state index in [9.17, 15) is 18.0 Å². The summed E-state index contributed by atoms with van der Waals surface area (Å²) in [5.74, 6) is -0.946. The molecule has 0 saturated carbocycles. The van der Waals surface area contributed by atoms with Gasteiger partial charge >= 0.3 is 5.97 Å². The van der Waals surface area contributed by atoms with E-state index in [0.29, 0.717) is 13.0 Å². The van der Waals surface area contributed by atoms with Crippen molar-refractivity contribution in [2.24, 2.45) is 0 Å². The van der Waals surface area contributed by atoms with Gasteiger partial charge in [-0.3, -0.25) is 4.79 Å². The molecule has 0 aliphatic carbocycles. The predicted molar refractivity (Wildman–Crippen MR) is 86.2 cm³/mol. The van der Waals surface area contributed by atoms with Crippen molar-refractivity contribution < 1.29 is 23.1 Å². The first-order valence-electron chi connectivity index (χ1n) is 7.64. The molecule has 2 rings (SSSR count). The number of carbonyl (C=O) groups is 2. The van der Waals surface area contributed by atoms with Crippen molar-refractivity contribution in [2.75, 3.05) is 18.1 Å². The molecule has 1 N–H and O–H groups in total. The van der Waals surface area contributed by atoms with Gasteiger partial charge in [0.15, 0.2) is 9.84 Å². The van der Waals surface area contributed by atoms with Gasteiger partial charge in [-0.25, -0.2) is 13.2 Å². The number of carboxylic acids is 1. The smallest absolute Gasteiger partial charge is 0.335 e. The molecule has 0 radical (unpaired) electrons. The first-order valence-corrected chi connectivity index (χ1v) is 9.46. The van der Waals surface area contributed by atoms with Crippen LogP contribution >= 0.6 is 0 Å². The highest BCUT2D eigenvalue weighted by Crippen LogP contribution is 2.19. The van der Waals surface area contributed by atoms with Gasteiger partial charge < -0.3 is 10.0 Å². The number of carbonyl (C=O) groups excluding carboxylic acids is 1. The first-order chi connectivity index (χ1) is 10.8. The Morgan fingerprint density at radius 2 is 1.91 bits per heavy atom. The van der Waals surface area contributed by atoms with Crippen LogP contribution in [0.15, 0.2) is 24.3 Å². The summed E-state index contributed by atoms with van der Waals surface area (Å²) in [5, 5.41) is 8.88. The maximum Gasteiger partial charge on any atom is 0.335 e. The molecule has 23 heavy (non-hydrogen) atoms. The lowest BCUT2D eigenvalue weighted by Crippen LogP contribution is -2.42. The molecule has 0 aromatic heterocycles. The highest BCUT2D eigenvalue weighted by atomic mass is 32.2. The average Bonchev–Trinajstić information content (AvgIpc) is 2.85. The van der Waals surface area contributed by atoms with Crippen molar-refractivity contribution in [3.8, 4) is 0 Å². The molecule has 7 heteroatoms. The van der Waals surface area contributed by atoms with Crippen LogP contribution in [0.1, 0.15) is 35.7 Å². The molecule has 0 spiro atoms. The molecule has 1 atom stereocenters. The quantitative estimate of drug-likeness (QED) is 0.845. The van der Waals surface area contributed by atoms with Gasteiger partial charge in [0.1, 0.15) is 0 Å². The molecule has 6 nitrogen and oxygen atoms in total. The van der Waals surface area contributed by atoms with Gasteiger partial charge in [-0.1, -0.05) is 19.1 Å². The summed E-state index contributed by atoms with van der Waals surface area (Å²) in [6, 6.07) is 5.93. The van der Waals surface area contributed by atoms with Crippen LogP contribution in [0.25, 0.3) is 0 Å². The third-order valence-electron chi connectivity index (χ3n) is 3.99. The van der Waals surface area contributed by atoms with Crippen molar-refractivity contribution in [3.05, 3.63) is 35.4 Å². The molecule has 0 bridgehead atoms. The predicted octanol–water partition coefficient (Wildman–Crippen LogP) is 1.35. The third kappa shape index (κ3) is 4.54. The normalized spacial score (nSPS) is 19.4. The number of hydrogen-bond acceptors (Lipinski definition) is 4. The minimum absolute atomic E-state index is 0.0384. The fraction of sp³-hybridized carbons (Fsp3) is 0.500.